The van der Waals surface area contributed by atoms with Crippen LogP contribution in [0.25, 0.3) is 5.69 Å². The minimum atomic E-state index is -4.42. The van der Waals surface area contributed by atoms with Gasteiger partial charge < -0.3 is 10.3 Å². The molecule has 0 bridgehead atoms. The molecule has 2 rings (SSSR count). The lowest BCUT2D eigenvalue weighted by Crippen LogP contribution is -2.22. The maximum atomic E-state index is 13.3. The van der Waals surface area contributed by atoms with Gasteiger partial charge in [0.15, 0.2) is 0 Å². The van der Waals surface area contributed by atoms with Crippen molar-refractivity contribution in [3.63, 3.8) is 0 Å². The molecule has 3 nitrogen and oxygen atoms in total. The molecule has 0 radical (unpaired) electrons. The summed E-state index contributed by atoms with van der Waals surface area (Å²) in [6.07, 6.45) is -0.251. The average molecular weight is 297 g/mol. The Balaban J connectivity index is 2.49. The molecule has 1 atom stereocenters. The van der Waals surface area contributed by atoms with Gasteiger partial charge in [-0.15, -0.1) is 0 Å². The number of rotatable bonds is 4. The minimum absolute atomic E-state index is 0.0892. The van der Waals surface area contributed by atoms with E-state index < -0.39 is 11.7 Å². The standard InChI is InChI=1S/C15H18F3N3/c1-3-12(19)8-11-4-5-14(13(9-11)15(16,17)18)21-7-6-20-10(21)2/h4-7,9,12H,3,8,19H2,1-2H3. The first-order chi connectivity index (χ1) is 9.82. The van der Waals surface area contributed by atoms with Gasteiger partial charge >= 0.3 is 6.18 Å². The molecule has 0 saturated carbocycles. The van der Waals surface area contributed by atoms with E-state index in [-0.39, 0.29) is 11.7 Å². The number of hydrogen-bond donors (Lipinski definition) is 1. The smallest absolute Gasteiger partial charge is 0.327 e. The molecule has 21 heavy (non-hydrogen) atoms. The van der Waals surface area contributed by atoms with Crippen LogP contribution in [0.15, 0.2) is 30.6 Å². The zero-order chi connectivity index (χ0) is 15.6. The van der Waals surface area contributed by atoms with E-state index in [1.54, 1.807) is 13.0 Å². The first-order valence-corrected chi connectivity index (χ1v) is 6.79. The Morgan fingerprint density at radius 2 is 2.05 bits per heavy atom. The van der Waals surface area contributed by atoms with Gasteiger partial charge in [-0.3, -0.25) is 0 Å². The van der Waals surface area contributed by atoms with E-state index in [1.165, 1.54) is 29.1 Å². The number of imidazole rings is 1. The SMILES string of the molecule is CCC(N)Cc1ccc(-n2ccnc2C)c(C(F)(F)F)c1. The second kappa shape index (κ2) is 5.89. The lowest BCUT2D eigenvalue weighted by Gasteiger charge is -2.17. The molecule has 1 aromatic heterocycles. The summed E-state index contributed by atoms with van der Waals surface area (Å²) in [5.74, 6) is 0.513. The van der Waals surface area contributed by atoms with Crippen LogP contribution in [0.5, 0.6) is 0 Å². The Kier molecular flexibility index (Phi) is 4.37. The molecule has 0 aliphatic heterocycles. The molecule has 1 unspecified atom stereocenters. The molecule has 0 spiro atoms. The van der Waals surface area contributed by atoms with Crippen LogP contribution in [-0.4, -0.2) is 15.6 Å². The molecule has 0 aliphatic rings. The first-order valence-electron chi connectivity index (χ1n) is 6.79. The third-order valence-electron chi connectivity index (χ3n) is 3.47. The summed E-state index contributed by atoms with van der Waals surface area (Å²) in [5.41, 5.74) is 5.85. The van der Waals surface area contributed by atoms with Crippen molar-refractivity contribution in [1.29, 1.82) is 0 Å². The molecule has 0 aliphatic carbocycles. The lowest BCUT2D eigenvalue weighted by atomic mass is 10.0. The van der Waals surface area contributed by atoms with Gasteiger partial charge in [0, 0.05) is 18.4 Å². The third kappa shape index (κ3) is 3.44. The van der Waals surface area contributed by atoms with E-state index >= 15 is 0 Å². The van der Waals surface area contributed by atoms with Crippen LogP contribution in [0.1, 0.15) is 30.3 Å². The molecule has 1 heterocycles. The number of alkyl halides is 3. The Bertz CT molecular complexity index is 617. The second-order valence-electron chi connectivity index (χ2n) is 5.07. The predicted molar refractivity (Wildman–Crippen MR) is 75.3 cm³/mol. The monoisotopic (exact) mass is 297 g/mol. The molecule has 2 N–H and O–H groups in total. The largest absolute Gasteiger partial charge is 0.418 e. The predicted octanol–water partition coefficient (Wildman–Crippen LogP) is 3.48. The van der Waals surface area contributed by atoms with Crippen molar-refractivity contribution in [3.05, 3.63) is 47.5 Å². The van der Waals surface area contributed by atoms with Gasteiger partial charge in [0.2, 0.25) is 0 Å². The van der Waals surface area contributed by atoms with Gasteiger partial charge in [0.25, 0.3) is 0 Å². The zero-order valence-electron chi connectivity index (χ0n) is 12.0. The molecule has 0 amide bonds. The van der Waals surface area contributed by atoms with Crippen molar-refractivity contribution in [2.75, 3.05) is 0 Å². The highest BCUT2D eigenvalue weighted by Crippen LogP contribution is 2.35. The highest BCUT2D eigenvalue weighted by molar-refractivity contribution is 5.46. The highest BCUT2D eigenvalue weighted by atomic mass is 19.4. The number of hydrogen-bond acceptors (Lipinski definition) is 2. The summed E-state index contributed by atoms with van der Waals surface area (Å²) >= 11 is 0. The van der Waals surface area contributed by atoms with Crippen LogP contribution in [0.3, 0.4) is 0 Å². The Morgan fingerprint density at radius 1 is 1.33 bits per heavy atom. The number of benzene rings is 1. The van der Waals surface area contributed by atoms with Crippen molar-refractivity contribution < 1.29 is 13.2 Å². The number of nitrogens with zero attached hydrogens (tertiary/aromatic N) is 2. The summed E-state index contributed by atoms with van der Waals surface area (Å²) in [5, 5.41) is 0. The van der Waals surface area contributed by atoms with Gasteiger partial charge in [0.05, 0.1) is 11.3 Å². The molecule has 0 fully saturated rings. The fourth-order valence-electron chi connectivity index (χ4n) is 2.23. The summed E-state index contributed by atoms with van der Waals surface area (Å²) < 4.78 is 41.4. The summed E-state index contributed by atoms with van der Waals surface area (Å²) in [7, 11) is 0. The number of nitrogens with two attached hydrogens (primary N) is 1. The van der Waals surface area contributed by atoms with Crippen molar-refractivity contribution in [2.24, 2.45) is 5.73 Å². The van der Waals surface area contributed by atoms with Crippen LogP contribution in [0.4, 0.5) is 13.2 Å². The molecule has 114 valence electrons. The first kappa shape index (κ1) is 15.6. The minimum Gasteiger partial charge on any atom is -0.327 e. The highest BCUT2D eigenvalue weighted by Gasteiger charge is 2.34. The maximum absolute atomic E-state index is 13.3. The van der Waals surface area contributed by atoms with Crippen molar-refractivity contribution in [1.82, 2.24) is 9.55 Å². The number of halogens is 3. The topological polar surface area (TPSA) is 43.8 Å². The molecule has 0 saturated heterocycles. The van der Waals surface area contributed by atoms with Crippen LogP contribution in [0.2, 0.25) is 0 Å². The Hall–Kier alpha value is -1.82. The summed E-state index contributed by atoms with van der Waals surface area (Å²) in [6, 6.07) is 4.23. The van der Waals surface area contributed by atoms with E-state index in [9.17, 15) is 13.2 Å². The van der Waals surface area contributed by atoms with Gasteiger partial charge in [-0.1, -0.05) is 13.0 Å². The quantitative estimate of drug-likeness (QED) is 0.939. The Labute approximate surface area is 121 Å². The lowest BCUT2D eigenvalue weighted by molar-refractivity contribution is -0.137. The van der Waals surface area contributed by atoms with Gasteiger partial charge in [-0.05, 0) is 37.5 Å². The molecule has 6 heteroatoms. The number of aromatic nitrogens is 2. The van der Waals surface area contributed by atoms with Crippen molar-refractivity contribution >= 4 is 0 Å². The average Bonchev–Trinajstić information content (AvgIpc) is 2.83. The fraction of sp³-hybridized carbons (Fsp3) is 0.400. The van der Waals surface area contributed by atoms with Crippen LogP contribution in [-0.2, 0) is 12.6 Å². The van der Waals surface area contributed by atoms with Gasteiger partial charge in [-0.25, -0.2) is 4.98 Å². The molecular weight excluding hydrogens is 279 g/mol. The van der Waals surface area contributed by atoms with Crippen LogP contribution < -0.4 is 5.73 Å². The van der Waals surface area contributed by atoms with Crippen molar-refractivity contribution in [2.45, 2.75) is 38.9 Å². The molecule has 1 aromatic carbocycles. The van der Waals surface area contributed by atoms with Crippen LogP contribution in [0, 0.1) is 6.92 Å². The maximum Gasteiger partial charge on any atom is 0.418 e. The van der Waals surface area contributed by atoms with Gasteiger partial charge in [0.1, 0.15) is 5.82 Å². The zero-order valence-corrected chi connectivity index (χ0v) is 12.0. The fourth-order valence-corrected chi connectivity index (χ4v) is 2.23. The van der Waals surface area contributed by atoms with E-state index in [0.29, 0.717) is 17.8 Å². The molecule has 2 aromatic rings. The Morgan fingerprint density at radius 3 is 2.57 bits per heavy atom. The second-order valence-corrected chi connectivity index (χ2v) is 5.07. The normalized spacial score (nSPS) is 13.4. The van der Waals surface area contributed by atoms with Crippen molar-refractivity contribution in [3.8, 4) is 5.69 Å². The van der Waals surface area contributed by atoms with E-state index in [0.717, 1.165) is 6.42 Å². The van der Waals surface area contributed by atoms with E-state index in [1.807, 2.05) is 6.92 Å². The summed E-state index contributed by atoms with van der Waals surface area (Å²) in [4.78, 5) is 3.98. The number of aryl methyl sites for hydroxylation is 1. The van der Waals surface area contributed by atoms with E-state index in [2.05, 4.69) is 4.98 Å². The van der Waals surface area contributed by atoms with Crippen LogP contribution >= 0.6 is 0 Å². The third-order valence-corrected chi connectivity index (χ3v) is 3.47. The van der Waals surface area contributed by atoms with E-state index in [4.69, 9.17) is 5.73 Å². The molecular formula is C15H18F3N3. The van der Waals surface area contributed by atoms with Gasteiger partial charge in [-0.2, -0.15) is 13.2 Å². The summed E-state index contributed by atoms with van der Waals surface area (Å²) in [6.45, 7) is 3.58.